The summed E-state index contributed by atoms with van der Waals surface area (Å²) < 4.78 is 78.6. The Morgan fingerprint density at radius 1 is 1.02 bits per heavy atom. The molecule has 2 aromatic carbocycles. The van der Waals surface area contributed by atoms with Crippen molar-refractivity contribution in [2.24, 2.45) is 12.5 Å². The van der Waals surface area contributed by atoms with Gasteiger partial charge < -0.3 is 14.2 Å². The summed E-state index contributed by atoms with van der Waals surface area (Å²) in [5.74, 6) is -1.87. The molecule has 0 saturated heterocycles. The molecule has 0 aliphatic heterocycles. The molecule has 228 valence electrons. The third kappa shape index (κ3) is 5.85. The van der Waals surface area contributed by atoms with Gasteiger partial charge >= 0.3 is 0 Å². The summed E-state index contributed by atoms with van der Waals surface area (Å²) in [6.45, 7) is 3.90. The Hall–Kier alpha value is -4.26. The molecule has 43 heavy (non-hydrogen) atoms. The SMILES string of the molecule is COc1ccc(CN(c2ccncn2)S(=O)(=O)c2cc(F)c(O[C@H]3CCC(C)(C)[C@@H]3c3ccnn3C)cc2F)c(OC)c1. The van der Waals surface area contributed by atoms with Crippen molar-refractivity contribution in [2.45, 2.75) is 50.2 Å². The molecule has 0 N–H and O–H groups in total. The first kappa shape index (κ1) is 30.2. The molecule has 10 nitrogen and oxygen atoms in total. The first-order chi connectivity index (χ1) is 20.5. The fraction of sp³-hybridized carbons (Fsp3) is 0.367. The van der Waals surface area contributed by atoms with Crippen LogP contribution >= 0.6 is 0 Å². The second kappa shape index (κ2) is 11.8. The van der Waals surface area contributed by atoms with Gasteiger partial charge in [-0.25, -0.2) is 31.5 Å². The molecule has 0 bridgehead atoms. The molecule has 0 spiro atoms. The number of aryl methyl sites for hydroxylation is 1. The van der Waals surface area contributed by atoms with Gasteiger partial charge in [-0.1, -0.05) is 13.8 Å². The lowest BCUT2D eigenvalue weighted by molar-refractivity contribution is 0.151. The van der Waals surface area contributed by atoms with E-state index in [-0.39, 0.29) is 29.4 Å². The smallest absolute Gasteiger partial charge is 0.268 e. The van der Waals surface area contributed by atoms with Gasteiger partial charge in [-0.05, 0) is 36.5 Å². The Morgan fingerprint density at radius 3 is 2.47 bits per heavy atom. The average molecular weight is 614 g/mol. The Morgan fingerprint density at radius 2 is 1.81 bits per heavy atom. The van der Waals surface area contributed by atoms with E-state index < -0.39 is 32.7 Å². The molecule has 0 radical (unpaired) electrons. The number of sulfonamides is 1. The van der Waals surface area contributed by atoms with Gasteiger partial charge in [0.15, 0.2) is 11.6 Å². The van der Waals surface area contributed by atoms with Gasteiger partial charge in [-0.3, -0.25) is 4.68 Å². The van der Waals surface area contributed by atoms with E-state index in [1.807, 2.05) is 13.1 Å². The van der Waals surface area contributed by atoms with E-state index in [4.69, 9.17) is 14.2 Å². The molecule has 4 aromatic rings. The molecule has 1 saturated carbocycles. The van der Waals surface area contributed by atoms with Crippen molar-refractivity contribution >= 4 is 15.8 Å². The van der Waals surface area contributed by atoms with Crippen LogP contribution in [0.1, 0.15) is 43.9 Å². The maximum atomic E-state index is 15.7. The number of halogens is 2. The fourth-order valence-corrected chi connectivity index (χ4v) is 7.14. The van der Waals surface area contributed by atoms with Gasteiger partial charge in [-0.15, -0.1) is 0 Å². The predicted octanol–water partition coefficient (Wildman–Crippen LogP) is 5.25. The van der Waals surface area contributed by atoms with Crippen molar-refractivity contribution in [1.29, 1.82) is 0 Å². The Kier molecular flexibility index (Phi) is 8.28. The summed E-state index contributed by atoms with van der Waals surface area (Å²) >= 11 is 0. The Balaban J connectivity index is 1.50. The lowest BCUT2D eigenvalue weighted by atomic mass is 9.79. The molecule has 1 fully saturated rings. The van der Waals surface area contributed by atoms with E-state index in [2.05, 4.69) is 28.9 Å². The fourth-order valence-electron chi connectivity index (χ4n) is 5.68. The normalized spacial score (nSPS) is 17.9. The van der Waals surface area contributed by atoms with Crippen LogP contribution in [-0.2, 0) is 23.6 Å². The number of aromatic nitrogens is 4. The Bertz CT molecular complexity index is 1720. The van der Waals surface area contributed by atoms with Crippen LogP contribution in [0.15, 0.2) is 66.1 Å². The van der Waals surface area contributed by atoms with Crippen molar-refractivity contribution in [3.8, 4) is 17.2 Å². The molecule has 0 amide bonds. The number of nitrogens with zero attached hydrogens (tertiary/aromatic N) is 5. The number of methoxy groups -OCH3 is 2. The molecule has 5 rings (SSSR count). The second-order valence-electron chi connectivity index (χ2n) is 11.0. The van der Waals surface area contributed by atoms with Gasteiger partial charge in [0.05, 0.1) is 20.8 Å². The summed E-state index contributed by atoms with van der Waals surface area (Å²) in [6, 6.07) is 9.54. The van der Waals surface area contributed by atoms with E-state index in [9.17, 15) is 8.42 Å². The quantitative estimate of drug-likeness (QED) is 0.239. The van der Waals surface area contributed by atoms with Crippen molar-refractivity contribution < 1.29 is 31.4 Å². The van der Waals surface area contributed by atoms with Gasteiger partial charge in [0, 0.05) is 60.9 Å². The first-order valence-electron chi connectivity index (χ1n) is 13.6. The van der Waals surface area contributed by atoms with E-state index in [1.54, 1.807) is 29.1 Å². The molecule has 1 aliphatic carbocycles. The van der Waals surface area contributed by atoms with Gasteiger partial charge in [-0.2, -0.15) is 5.10 Å². The standard InChI is InChI=1S/C30H33F2N5O5S/c1-30(2)11-8-24(29(30)23-9-13-35-36(23)3)42-26-15-22(32)27(16-21(26)31)43(38,39)37(28-10-12-33-18-34-28)17-19-6-7-20(40-4)14-25(19)41-5/h6-7,9-10,12-16,18,24,29H,8,11,17H2,1-5H3/t24-,29+/m0/s1. The van der Waals surface area contributed by atoms with Crippen LogP contribution in [0, 0.1) is 17.0 Å². The van der Waals surface area contributed by atoms with Crippen LogP contribution in [0.3, 0.4) is 0 Å². The summed E-state index contributed by atoms with van der Waals surface area (Å²) in [4.78, 5) is 7.06. The summed E-state index contributed by atoms with van der Waals surface area (Å²) in [7, 11) is 0.0585. The Labute approximate surface area is 249 Å². The maximum Gasteiger partial charge on any atom is 0.268 e. The van der Waals surface area contributed by atoms with Gasteiger partial charge in [0.25, 0.3) is 10.0 Å². The largest absolute Gasteiger partial charge is 0.497 e. The second-order valence-corrected chi connectivity index (χ2v) is 12.8. The van der Waals surface area contributed by atoms with Gasteiger partial charge in [0.2, 0.25) is 0 Å². The first-order valence-corrected chi connectivity index (χ1v) is 15.0. The van der Waals surface area contributed by atoms with E-state index in [0.717, 1.165) is 22.5 Å². The summed E-state index contributed by atoms with van der Waals surface area (Å²) in [5.41, 5.74) is 1.18. The molecule has 2 heterocycles. The molecule has 1 aliphatic rings. The lowest BCUT2D eigenvalue weighted by Crippen LogP contribution is -2.32. The van der Waals surface area contributed by atoms with Crippen molar-refractivity contribution in [3.05, 3.63) is 84.1 Å². The van der Waals surface area contributed by atoms with E-state index in [0.29, 0.717) is 29.5 Å². The molecular weight excluding hydrogens is 580 g/mol. The maximum absolute atomic E-state index is 15.7. The minimum Gasteiger partial charge on any atom is -0.497 e. The van der Waals surface area contributed by atoms with Crippen molar-refractivity contribution in [3.63, 3.8) is 0 Å². The minimum atomic E-state index is -4.69. The van der Waals surface area contributed by atoms with E-state index >= 15 is 8.78 Å². The summed E-state index contributed by atoms with van der Waals surface area (Å²) in [5, 5.41) is 4.26. The summed E-state index contributed by atoms with van der Waals surface area (Å²) in [6.07, 6.45) is 5.14. The number of benzene rings is 2. The number of anilines is 1. The highest BCUT2D eigenvalue weighted by Crippen LogP contribution is 2.50. The monoisotopic (exact) mass is 613 g/mol. The number of ether oxygens (including phenoxy) is 3. The number of rotatable bonds is 10. The zero-order chi connectivity index (χ0) is 30.9. The predicted molar refractivity (Wildman–Crippen MR) is 155 cm³/mol. The number of hydrogen-bond acceptors (Lipinski definition) is 8. The topological polar surface area (TPSA) is 109 Å². The molecule has 0 unspecified atom stereocenters. The molecular formula is C30H33F2N5O5S. The van der Waals surface area contributed by atoms with Crippen molar-refractivity contribution in [2.75, 3.05) is 18.5 Å². The van der Waals surface area contributed by atoms with Crippen molar-refractivity contribution in [1.82, 2.24) is 19.7 Å². The highest BCUT2D eigenvalue weighted by atomic mass is 32.2. The zero-order valence-corrected chi connectivity index (χ0v) is 25.3. The van der Waals surface area contributed by atoms with Crippen LogP contribution in [0.4, 0.5) is 14.6 Å². The zero-order valence-electron chi connectivity index (χ0n) is 24.5. The van der Waals surface area contributed by atoms with Crippen LogP contribution in [0.25, 0.3) is 0 Å². The third-order valence-electron chi connectivity index (χ3n) is 7.93. The highest BCUT2D eigenvalue weighted by molar-refractivity contribution is 7.92. The average Bonchev–Trinajstić information content (AvgIpc) is 3.53. The molecule has 2 atom stereocenters. The van der Waals surface area contributed by atoms with Crippen LogP contribution in [0.2, 0.25) is 0 Å². The van der Waals surface area contributed by atoms with Crippen LogP contribution in [0.5, 0.6) is 17.2 Å². The van der Waals surface area contributed by atoms with Gasteiger partial charge in [0.1, 0.15) is 40.5 Å². The van der Waals surface area contributed by atoms with E-state index in [1.165, 1.54) is 32.8 Å². The lowest BCUT2D eigenvalue weighted by Gasteiger charge is -2.31. The molecule has 13 heteroatoms. The highest BCUT2D eigenvalue weighted by Gasteiger charge is 2.46. The third-order valence-corrected chi connectivity index (χ3v) is 9.69. The molecule has 2 aromatic heterocycles. The minimum absolute atomic E-state index is 0.0415. The number of hydrogen-bond donors (Lipinski definition) is 0. The van der Waals surface area contributed by atoms with Crippen LogP contribution in [-0.4, -0.2) is 48.5 Å². The van der Waals surface area contributed by atoms with Crippen LogP contribution < -0.4 is 18.5 Å².